The van der Waals surface area contributed by atoms with Gasteiger partial charge in [0.05, 0.1) is 18.2 Å². The summed E-state index contributed by atoms with van der Waals surface area (Å²) < 4.78 is 19.8. The minimum absolute atomic E-state index is 0.0577. The number of rotatable bonds is 26. The van der Waals surface area contributed by atoms with E-state index in [9.17, 15) is 28.6 Å². The number of guanidine groups is 1. The largest absolute Gasteiger partial charge is 0.379 e. The zero-order valence-corrected chi connectivity index (χ0v) is 41.0. The van der Waals surface area contributed by atoms with Crippen LogP contribution in [0.2, 0.25) is 0 Å². The minimum atomic E-state index is -4.08. The summed E-state index contributed by atoms with van der Waals surface area (Å²) in [5.41, 5.74) is 15.0. The molecule has 0 saturated carbocycles. The third kappa shape index (κ3) is 16.5. The van der Waals surface area contributed by atoms with Gasteiger partial charge in [0.1, 0.15) is 12.2 Å². The molecule has 0 spiro atoms. The van der Waals surface area contributed by atoms with Gasteiger partial charge in [0.15, 0.2) is 11.7 Å². The fourth-order valence-corrected chi connectivity index (χ4v) is 10.8. The van der Waals surface area contributed by atoms with Crippen molar-refractivity contribution in [2.75, 3.05) is 68.1 Å². The number of azide groups is 1. The first kappa shape index (κ1) is 55.1. The van der Waals surface area contributed by atoms with Gasteiger partial charge in [0, 0.05) is 90.9 Å². The van der Waals surface area contributed by atoms with Gasteiger partial charge in [-0.3, -0.25) is 23.7 Å². The van der Waals surface area contributed by atoms with Crippen LogP contribution in [0.15, 0.2) is 40.4 Å². The molecule has 2 unspecified atom stereocenters. The van der Waals surface area contributed by atoms with Crippen molar-refractivity contribution in [2.24, 2.45) is 39.5 Å². The molecule has 356 valence electrons. The van der Waals surface area contributed by atoms with E-state index in [1.54, 1.807) is 11.8 Å². The fourth-order valence-electron chi connectivity index (χ4n) is 8.98. The second-order valence-corrected chi connectivity index (χ2v) is 20.8. The van der Waals surface area contributed by atoms with E-state index >= 15 is 0 Å². The van der Waals surface area contributed by atoms with E-state index in [4.69, 9.17) is 21.0 Å². The van der Waals surface area contributed by atoms with Gasteiger partial charge >= 0.3 is 0 Å². The minimum Gasteiger partial charge on any atom is -0.379 e. The number of ether oxygens (including phenoxy) is 1. The highest BCUT2D eigenvalue weighted by atomic mass is 31.2. The van der Waals surface area contributed by atoms with E-state index in [1.807, 2.05) is 101 Å². The SMILES string of the molecule is CC[C@H](C)[C@@H]([C@H](C)CC(=O)N1CCC[C@H]1[C@H](OC)[C@@H](C)C(=O)C(N)CC[C@@H](Cc1ccccc1)P(=O)(O)CC(=O)NCCCN=[N+]=[N-])N(C)C(=O)[C@@H](N=C(N(C)C)N(C)C)C(C)C. The number of ketones is 1. The van der Waals surface area contributed by atoms with Crippen molar-refractivity contribution in [3.05, 3.63) is 46.3 Å². The maximum atomic E-state index is 14.3. The summed E-state index contributed by atoms with van der Waals surface area (Å²) >= 11 is 0. The molecule has 1 fully saturated rings. The summed E-state index contributed by atoms with van der Waals surface area (Å²) in [6.07, 6.45) is 2.03. The summed E-state index contributed by atoms with van der Waals surface area (Å²) in [6.45, 7) is 12.9. The molecule has 4 N–H and O–H groups in total. The number of nitrogens with two attached hydrogens (primary N) is 1. The number of hydrogen-bond acceptors (Lipinski definition) is 9. The molecule has 10 atom stereocenters. The van der Waals surface area contributed by atoms with E-state index in [0.717, 1.165) is 18.4 Å². The molecule has 0 aromatic heterocycles. The number of nitrogens with one attached hydrogen (secondary N) is 1. The molecule has 18 heteroatoms. The first-order chi connectivity index (χ1) is 29.6. The van der Waals surface area contributed by atoms with Crippen molar-refractivity contribution in [3.63, 3.8) is 0 Å². The second-order valence-electron chi connectivity index (χ2n) is 18.2. The fraction of sp³-hybridized carbons (Fsp3) is 0.756. The quantitative estimate of drug-likeness (QED) is 0.0204. The van der Waals surface area contributed by atoms with Crippen LogP contribution >= 0.6 is 7.37 Å². The number of nitrogens with zero attached hydrogens (tertiary/aromatic N) is 8. The first-order valence-corrected chi connectivity index (χ1v) is 24.5. The lowest BCUT2D eigenvalue weighted by atomic mass is 9.84. The van der Waals surface area contributed by atoms with Gasteiger partial charge in [-0.25, -0.2) is 4.99 Å². The Labute approximate surface area is 377 Å². The molecule has 1 aromatic carbocycles. The molecule has 1 aromatic rings. The predicted molar refractivity (Wildman–Crippen MR) is 250 cm³/mol. The van der Waals surface area contributed by atoms with Gasteiger partial charge in [-0.05, 0) is 67.4 Å². The van der Waals surface area contributed by atoms with Gasteiger partial charge in [0.25, 0.3) is 0 Å². The van der Waals surface area contributed by atoms with Crippen molar-refractivity contribution in [2.45, 2.75) is 129 Å². The van der Waals surface area contributed by atoms with Gasteiger partial charge in [-0.2, -0.15) is 0 Å². The normalized spacial score (nSPS) is 18.7. The highest BCUT2D eigenvalue weighted by Crippen LogP contribution is 2.49. The Morgan fingerprint density at radius 2 is 1.67 bits per heavy atom. The van der Waals surface area contributed by atoms with Crippen LogP contribution in [-0.2, 0) is 34.9 Å². The maximum absolute atomic E-state index is 14.3. The Balaban J connectivity index is 2.24. The lowest BCUT2D eigenvalue weighted by molar-refractivity contribution is -0.142. The van der Waals surface area contributed by atoms with Crippen molar-refractivity contribution in [3.8, 4) is 0 Å². The molecule has 1 aliphatic rings. The lowest BCUT2D eigenvalue weighted by Gasteiger charge is -2.40. The number of benzene rings is 1. The van der Waals surface area contributed by atoms with Crippen LogP contribution in [0.4, 0.5) is 0 Å². The zero-order valence-electron chi connectivity index (χ0n) is 40.1. The summed E-state index contributed by atoms with van der Waals surface area (Å²) in [7, 11) is 6.89. The Kier molecular flexibility index (Phi) is 23.4. The number of carbonyl (C=O) groups is 4. The number of carbonyl (C=O) groups excluding carboxylic acids is 4. The average molecular weight is 903 g/mol. The van der Waals surface area contributed by atoms with Crippen LogP contribution in [0.1, 0.15) is 92.1 Å². The molecule has 1 saturated heterocycles. The molecular weight excluding hydrogens is 824 g/mol. The number of aliphatic imine (C=N–C) groups is 1. The smallest absolute Gasteiger partial charge is 0.247 e. The van der Waals surface area contributed by atoms with Crippen molar-refractivity contribution >= 4 is 36.8 Å². The van der Waals surface area contributed by atoms with Crippen LogP contribution in [0.5, 0.6) is 0 Å². The molecule has 0 aliphatic carbocycles. The Morgan fingerprint density at radius 3 is 2.22 bits per heavy atom. The van der Waals surface area contributed by atoms with E-state index in [-0.39, 0.29) is 86.2 Å². The van der Waals surface area contributed by atoms with Gasteiger partial charge in [0.2, 0.25) is 25.1 Å². The summed E-state index contributed by atoms with van der Waals surface area (Å²) in [5, 5.41) is 6.06. The predicted octanol–water partition coefficient (Wildman–Crippen LogP) is 5.41. The topological polar surface area (TPSA) is 227 Å². The standard InChI is InChI=1S/C45H79N10O7P/c1-13-31(4)41(54(11)44(59)40(30(2)3)50-45(52(7)8)53(9)10)32(5)27-39(57)55-26-17-21-37(55)43(62-12)33(6)42(58)36(46)23-22-35(28-34-19-15-14-16-20-34)63(60,61)29-38(56)48-24-18-25-49-51-47/h14-16,19-20,30-33,35-37,40-41,43H,13,17-18,21-29,46H2,1-12H3,(H,48,56)(H,60,61)/t31-,32+,33-,35-,36?,37-,40-,41-,43+/m0/s1. The summed E-state index contributed by atoms with van der Waals surface area (Å²) in [5.74, 6) is -1.14. The molecule has 0 radical (unpaired) electrons. The van der Waals surface area contributed by atoms with E-state index in [0.29, 0.717) is 25.3 Å². The average Bonchev–Trinajstić information content (AvgIpc) is 3.71. The second kappa shape index (κ2) is 26.7. The van der Waals surface area contributed by atoms with Crippen LogP contribution in [-0.4, -0.2) is 158 Å². The van der Waals surface area contributed by atoms with E-state index in [2.05, 4.69) is 29.2 Å². The van der Waals surface area contributed by atoms with Crippen molar-refractivity contribution < 1.29 is 33.4 Å². The molecule has 0 bridgehead atoms. The van der Waals surface area contributed by atoms with Gasteiger partial charge in [-0.1, -0.05) is 83.4 Å². The number of likely N-dealkylation sites (N-methyl/N-ethyl adjacent to an activating group) is 1. The lowest BCUT2D eigenvalue weighted by Crippen LogP contribution is -2.52. The molecule has 1 aliphatic heterocycles. The third-order valence-electron chi connectivity index (χ3n) is 12.5. The molecule has 2 rings (SSSR count). The van der Waals surface area contributed by atoms with Crippen LogP contribution < -0.4 is 11.1 Å². The van der Waals surface area contributed by atoms with E-state index in [1.165, 1.54) is 7.11 Å². The van der Waals surface area contributed by atoms with Crippen LogP contribution in [0, 0.1) is 23.7 Å². The molecule has 3 amide bonds. The van der Waals surface area contributed by atoms with Crippen LogP contribution in [0.3, 0.4) is 0 Å². The number of Topliss-reactive ketones (excluding diaryl/α,β-unsaturated/α-hetero) is 1. The zero-order chi connectivity index (χ0) is 47.6. The van der Waals surface area contributed by atoms with Crippen molar-refractivity contribution in [1.82, 2.24) is 24.9 Å². The van der Waals surface area contributed by atoms with E-state index < -0.39 is 49.2 Å². The number of hydrogen-bond donors (Lipinski definition) is 3. The van der Waals surface area contributed by atoms with Gasteiger partial charge < -0.3 is 40.3 Å². The van der Waals surface area contributed by atoms with Gasteiger partial charge in [-0.15, -0.1) is 0 Å². The molecule has 1 heterocycles. The highest BCUT2D eigenvalue weighted by Gasteiger charge is 2.43. The Bertz CT molecular complexity index is 1730. The Morgan fingerprint density at radius 1 is 1.03 bits per heavy atom. The third-order valence-corrected chi connectivity index (χ3v) is 14.8. The maximum Gasteiger partial charge on any atom is 0.247 e. The monoisotopic (exact) mass is 903 g/mol. The highest BCUT2D eigenvalue weighted by molar-refractivity contribution is 7.59. The number of methoxy groups -OCH3 is 1. The number of amides is 3. The van der Waals surface area contributed by atoms with Crippen LogP contribution in [0.25, 0.3) is 10.4 Å². The summed E-state index contributed by atoms with van der Waals surface area (Å²) in [4.78, 5) is 81.6. The Hall–Kier alpha value is -4.01. The number of likely N-dealkylation sites (tertiary alicyclic amines) is 1. The first-order valence-electron chi connectivity index (χ1n) is 22.6. The van der Waals surface area contributed by atoms with Crippen molar-refractivity contribution in [1.29, 1.82) is 0 Å². The molecular formula is C45H79N10O7P. The molecule has 17 nitrogen and oxygen atoms in total. The summed E-state index contributed by atoms with van der Waals surface area (Å²) in [6, 6.07) is 7.03. The molecule has 63 heavy (non-hydrogen) atoms.